The minimum Gasteiger partial charge on any atom is -0.464 e. The van der Waals surface area contributed by atoms with Crippen molar-refractivity contribution >= 4 is 21.7 Å². The summed E-state index contributed by atoms with van der Waals surface area (Å²) in [7, 11) is -2.23. The quantitative estimate of drug-likeness (QED) is 0.436. The average Bonchev–Trinajstić information content (AvgIpc) is 3.20. The molecule has 0 saturated carbocycles. The summed E-state index contributed by atoms with van der Waals surface area (Å²) in [5.41, 5.74) is 2.20. The fraction of sp³-hybridized carbons (Fsp3) is 0.320. The number of aromatic nitrogens is 2. The highest BCUT2D eigenvalue weighted by Gasteiger charge is 2.24. The van der Waals surface area contributed by atoms with Gasteiger partial charge < -0.3 is 14.8 Å². The lowest BCUT2D eigenvalue weighted by molar-refractivity contribution is -0.147. The van der Waals surface area contributed by atoms with Gasteiger partial charge in [-0.1, -0.05) is 12.1 Å². The van der Waals surface area contributed by atoms with Crippen molar-refractivity contribution in [2.75, 3.05) is 25.6 Å². The van der Waals surface area contributed by atoms with Crippen molar-refractivity contribution in [3.63, 3.8) is 0 Å². The summed E-state index contributed by atoms with van der Waals surface area (Å²) in [6.45, 7) is 2.92. The number of halogens is 1. The molecule has 0 radical (unpaired) electrons. The number of benzene rings is 2. The van der Waals surface area contributed by atoms with Crippen LogP contribution in [0.15, 0.2) is 59.5 Å². The zero-order chi connectivity index (χ0) is 25.9. The van der Waals surface area contributed by atoms with Crippen LogP contribution in [0.3, 0.4) is 0 Å². The molecule has 1 atom stereocenters. The van der Waals surface area contributed by atoms with E-state index in [1.165, 1.54) is 28.9 Å². The van der Waals surface area contributed by atoms with E-state index in [-0.39, 0.29) is 29.1 Å². The van der Waals surface area contributed by atoms with Gasteiger partial charge >= 0.3 is 5.97 Å². The summed E-state index contributed by atoms with van der Waals surface area (Å²) >= 11 is 0. The number of carbonyl (C=O) groups is 2. The lowest BCUT2D eigenvalue weighted by Gasteiger charge is -2.25. The summed E-state index contributed by atoms with van der Waals surface area (Å²) in [4.78, 5) is 24.8. The van der Waals surface area contributed by atoms with Crippen molar-refractivity contribution in [1.29, 1.82) is 0 Å². The predicted molar refractivity (Wildman–Crippen MR) is 128 cm³/mol. The Bertz CT molecular complexity index is 1350. The molecule has 0 aliphatic carbocycles. The molecule has 11 heteroatoms. The van der Waals surface area contributed by atoms with Crippen LogP contribution >= 0.6 is 0 Å². The first kappa shape index (κ1) is 25.5. The standard InChI is InChI=1S/C25H26FN3O6S/c1-16(27-25(31)23-11-22(28-29(23)2)19-3-7-20(26)8-4-19)18-5-9-21(10-6-18)36(32,33)15-24(30)35-14-17-12-34-13-17/h3-11,16-17H,12-15H2,1-2H3,(H,27,31)/t16-/m1/s1. The van der Waals surface area contributed by atoms with Crippen molar-refractivity contribution in [2.45, 2.75) is 17.9 Å². The molecule has 1 N–H and O–H groups in total. The maximum atomic E-state index is 13.2. The first-order chi connectivity index (χ1) is 17.1. The summed E-state index contributed by atoms with van der Waals surface area (Å²) in [5.74, 6) is -2.17. The second-order valence-electron chi connectivity index (χ2n) is 8.66. The van der Waals surface area contributed by atoms with E-state index in [4.69, 9.17) is 9.47 Å². The third kappa shape index (κ3) is 5.97. The Labute approximate surface area is 208 Å². The third-order valence-electron chi connectivity index (χ3n) is 5.83. The van der Waals surface area contributed by atoms with Crippen molar-refractivity contribution < 1.29 is 31.9 Å². The van der Waals surface area contributed by atoms with Crippen LogP contribution in [0.25, 0.3) is 11.3 Å². The van der Waals surface area contributed by atoms with E-state index < -0.39 is 27.6 Å². The average molecular weight is 516 g/mol. The second-order valence-corrected chi connectivity index (χ2v) is 10.6. The molecule has 0 bridgehead atoms. The van der Waals surface area contributed by atoms with E-state index in [9.17, 15) is 22.4 Å². The fourth-order valence-corrected chi connectivity index (χ4v) is 4.74. The highest BCUT2D eigenvalue weighted by Crippen LogP contribution is 2.21. The zero-order valence-corrected chi connectivity index (χ0v) is 20.6. The Morgan fingerprint density at radius 3 is 2.44 bits per heavy atom. The number of aryl methyl sites for hydroxylation is 1. The Balaban J connectivity index is 1.37. The molecule has 9 nitrogen and oxygen atoms in total. The molecule has 1 fully saturated rings. The molecule has 2 heterocycles. The molecule has 4 rings (SSSR count). The monoisotopic (exact) mass is 515 g/mol. The number of rotatable bonds is 9. The van der Waals surface area contributed by atoms with E-state index in [0.717, 1.165) is 0 Å². The number of ether oxygens (including phenoxy) is 2. The van der Waals surface area contributed by atoms with E-state index >= 15 is 0 Å². The lowest BCUT2D eigenvalue weighted by atomic mass is 10.1. The summed E-state index contributed by atoms with van der Waals surface area (Å²) < 4.78 is 49.8. The van der Waals surface area contributed by atoms with Gasteiger partial charge in [-0.2, -0.15) is 5.10 Å². The van der Waals surface area contributed by atoms with Gasteiger partial charge in [0, 0.05) is 18.5 Å². The molecular weight excluding hydrogens is 489 g/mol. The topological polar surface area (TPSA) is 117 Å². The zero-order valence-electron chi connectivity index (χ0n) is 19.8. The van der Waals surface area contributed by atoms with Crippen LogP contribution in [0.2, 0.25) is 0 Å². The number of hydrogen-bond acceptors (Lipinski definition) is 7. The Kier molecular flexibility index (Phi) is 7.51. The van der Waals surface area contributed by atoms with Gasteiger partial charge in [0.1, 0.15) is 11.5 Å². The Hall–Kier alpha value is -3.57. The second kappa shape index (κ2) is 10.6. The molecule has 1 saturated heterocycles. The maximum absolute atomic E-state index is 13.2. The molecule has 3 aromatic rings. The van der Waals surface area contributed by atoms with E-state index in [1.807, 2.05) is 0 Å². The molecule has 1 amide bonds. The van der Waals surface area contributed by atoms with E-state index in [1.54, 1.807) is 44.3 Å². The first-order valence-corrected chi connectivity index (χ1v) is 12.9. The Morgan fingerprint density at radius 2 is 1.83 bits per heavy atom. The van der Waals surface area contributed by atoms with E-state index in [0.29, 0.717) is 35.7 Å². The minimum atomic E-state index is -3.86. The lowest BCUT2D eigenvalue weighted by Crippen LogP contribution is -2.33. The largest absolute Gasteiger partial charge is 0.464 e. The van der Waals surface area contributed by atoms with Gasteiger partial charge in [0.2, 0.25) is 0 Å². The molecular formula is C25H26FN3O6S. The maximum Gasteiger partial charge on any atom is 0.321 e. The number of nitrogens with zero attached hydrogens (tertiary/aromatic N) is 2. The highest BCUT2D eigenvalue weighted by molar-refractivity contribution is 7.92. The number of carbonyl (C=O) groups excluding carboxylic acids is 2. The van der Waals surface area contributed by atoms with Gasteiger partial charge in [-0.05, 0) is 55.0 Å². The van der Waals surface area contributed by atoms with Gasteiger partial charge in [0.15, 0.2) is 15.6 Å². The SMILES string of the molecule is C[C@@H](NC(=O)c1cc(-c2ccc(F)cc2)nn1C)c1ccc(S(=O)(=O)CC(=O)OCC2COC2)cc1. The molecule has 0 spiro atoms. The predicted octanol–water partition coefficient (Wildman–Crippen LogP) is 2.68. The minimum absolute atomic E-state index is 0.00993. The normalized spacial score (nSPS) is 14.6. The molecule has 1 aliphatic heterocycles. The van der Waals surface area contributed by atoms with Gasteiger partial charge in [-0.25, -0.2) is 12.8 Å². The van der Waals surface area contributed by atoms with Gasteiger partial charge in [-0.3, -0.25) is 14.3 Å². The first-order valence-electron chi connectivity index (χ1n) is 11.3. The molecule has 1 aliphatic rings. The number of sulfone groups is 1. The van der Waals surface area contributed by atoms with Crippen molar-refractivity contribution in [3.8, 4) is 11.3 Å². The summed E-state index contributed by atoms with van der Waals surface area (Å²) in [6, 6.07) is 13.0. The van der Waals surface area contributed by atoms with Crippen LogP contribution < -0.4 is 5.32 Å². The third-order valence-corrected chi connectivity index (χ3v) is 7.44. The molecule has 0 unspecified atom stereocenters. The smallest absolute Gasteiger partial charge is 0.321 e. The van der Waals surface area contributed by atoms with Crippen LogP contribution in [0, 0.1) is 11.7 Å². The summed E-state index contributed by atoms with van der Waals surface area (Å²) in [6.07, 6.45) is 0. The number of nitrogens with one attached hydrogen (secondary N) is 1. The van der Waals surface area contributed by atoms with Gasteiger partial charge in [0.25, 0.3) is 5.91 Å². The number of esters is 1. The van der Waals surface area contributed by atoms with Crippen molar-refractivity contribution in [1.82, 2.24) is 15.1 Å². The van der Waals surface area contributed by atoms with Crippen LogP contribution in [-0.4, -0.2) is 55.6 Å². The number of amides is 1. The Morgan fingerprint density at radius 1 is 1.17 bits per heavy atom. The van der Waals surface area contributed by atoms with Gasteiger partial charge in [-0.15, -0.1) is 0 Å². The molecule has 2 aromatic carbocycles. The van der Waals surface area contributed by atoms with Crippen LogP contribution in [0.1, 0.15) is 29.0 Å². The van der Waals surface area contributed by atoms with Crippen LogP contribution in [0.5, 0.6) is 0 Å². The van der Waals surface area contributed by atoms with E-state index in [2.05, 4.69) is 10.4 Å². The van der Waals surface area contributed by atoms with Gasteiger partial charge in [0.05, 0.1) is 36.5 Å². The molecule has 190 valence electrons. The van der Waals surface area contributed by atoms with Crippen molar-refractivity contribution in [2.24, 2.45) is 13.0 Å². The molecule has 36 heavy (non-hydrogen) atoms. The molecule has 1 aromatic heterocycles. The van der Waals surface area contributed by atoms with Crippen molar-refractivity contribution in [3.05, 3.63) is 71.7 Å². The fourth-order valence-electron chi connectivity index (χ4n) is 3.63. The van der Waals surface area contributed by atoms with Crippen LogP contribution in [0.4, 0.5) is 4.39 Å². The van der Waals surface area contributed by atoms with Crippen LogP contribution in [-0.2, 0) is 31.2 Å². The summed E-state index contributed by atoms with van der Waals surface area (Å²) in [5, 5.41) is 7.19. The highest BCUT2D eigenvalue weighted by atomic mass is 32.2. The number of hydrogen-bond donors (Lipinski definition) is 1.